The van der Waals surface area contributed by atoms with Gasteiger partial charge in [-0.25, -0.2) is 4.98 Å². The normalized spacial score (nSPS) is 11.5. The molecule has 0 saturated heterocycles. The van der Waals surface area contributed by atoms with Crippen molar-refractivity contribution in [1.29, 1.82) is 10.5 Å². The van der Waals surface area contributed by atoms with Gasteiger partial charge in [-0.05, 0) is 17.7 Å². The summed E-state index contributed by atoms with van der Waals surface area (Å²) in [5, 5.41) is 27.4. The highest BCUT2D eigenvalue weighted by Gasteiger charge is 2.18. The number of aliphatic hydroxyl groups is 1. The van der Waals surface area contributed by atoms with Gasteiger partial charge < -0.3 is 21.3 Å². The van der Waals surface area contributed by atoms with Crippen molar-refractivity contribution in [3.05, 3.63) is 47.4 Å². The topological polar surface area (TPSA) is 142 Å². The Labute approximate surface area is 139 Å². The van der Waals surface area contributed by atoms with Crippen LogP contribution in [-0.2, 0) is 4.74 Å². The number of nitrogens with two attached hydrogens (primary N) is 2. The predicted octanol–water partition coefficient (Wildman–Crippen LogP) is 1.07. The highest BCUT2D eigenvalue weighted by Crippen LogP contribution is 2.30. The Hall–Kier alpha value is -2.94. The van der Waals surface area contributed by atoms with Crippen LogP contribution in [0.3, 0.4) is 0 Å². The molecule has 7 nitrogen and oxygen atoms in total. The lowest BCUT2D eigenvalue weighted by atomic mass is 9.96. The number of ether oxygens (including phenoxy) is 1. The van der Waals surface area contributed by atoms with E-state index in [1.54, 1.807) is 0 Å². The molecule has 1 heterocycles. The van der Waals surface area contributed by atoms with Crippen molar-refractivity contribution < 1.29 is 9.84 Å². The van der Waals surface area contributed by atoms with Gasteiger partial charge >= 0.3 is 0 Å². The van der Waals surface area contributed by atoms with Crippen LogP contribution in [0.4, 0.5) is 5.82 Å². The Bertz CT molecular complexity index is 718. The second kappa shape index (κ2) is 8.49. The van der Waals surface area contributed by atoms with Crippen molar-refractivity contribution in [2.45, 2.75) is 5.03 Å². The molecule has 23 heavy (non-hydrogen) atoms. The van der Waals surface area contributed by atoms with E-state index < -0.39 is 0 Å². The van der Waals surface area contributed by atoms with Gasteiger partial charge in [-0.2, -0.15) is 10.5 Å². The van der Waals surface area contributed by atoms with Crippen LogP contribution >= 0.6 is 12.6 Å². The van der Waals surface area contributed by atoms with Gasteiger partial charge in [0.2, 0.25) is 0 Å². The second-order valence-corrected chi connectivity index (χ2v) is 4.56. The maximum Gasteiger partial charge on any atom is 0.184 e. The van der Waals surface area contributed by atoms with Gasteiger partial charge in [0.1, 0.15) is 35.2 Å². The average molecular weight is 329 g/mol. The summed E-state index contributed by atoms with van der Waals surface area (Å²) in [6.45, 7) is 3.54. The lowest BCUT2D eigenvalue weighted by Gasteiger charge is -2.11. The van der Waals surface area contributed by atoms with Crippen LogP contribution in [-0.4, -0.2) is 23.3 Å². The number of allylic oxidation sites excluding steroid dienone is 4. The van der Waals surface area contributed by atoms with E-state index in [4.69, 9.17) is 21.3 Å². The molecule has 0 aromatic carbocycles. The Morgan fingerprint density at radius 3 is 2.52 bits per heavy atom. The summed E-state index contributed by atoms with van der Waals surface area (Å²) in [5.41, 5.74) is 12.2. The van der Waals surface area contributed by atoms with Gasteiger partial charge in [0, 0.05) is 5.56 Å². The summed E-state index contributed by atoms with van der Waals surface area (Å²) in [7, 11) is 0. The summed E-state index contributed by atoms with van der Waals surface area (Å²) in [6, 6.07) is 3.88. The summed E-state index contributed by atoms with van der Waals surface area (Å²) < 4.78 is 5.01. The molecule has 0 amide bonds. The van der Waals surface area contributed by atoms with Crippen LogP contribution in [0.15, 0.2) is 35.7 Å². The number of hydrogen-bond donors (Lipinski definition) is 4. The molecule has 0 spiro atoms. The number of nitriles is 2. The monoisotopic (exact) mass is 329 g/mol. The van der Waals surface area contributed by atoms with Crippen LogP contribution in [0, 0.1) is 22.7 Å². The van der Waals surface area contributed by atoms with Crippen LogP contribution in [0.1, 0.15) is 16.7 Å². The minimum Gasteiger partial charge on any atom is -0.477 e. The average Bonchev–Trinajstić information content (AvgIpc) is 2.53. The fourth-order valence-corrected chi connectivity index (χ4v) is 2.01. The molecule has 1 rings (SSSR count). The first-order valence-corrected chi connectivity index (χ1v) is 6.81. The number of pyridine rings is 1. The van der Waals surface area contributed by atoms with Gasteiger partial charge in [0.15, 0.2) is 5.88 Å². The SMILES string of the molecule is C=C/C(=C\C=C(/N)OCCO)c1c(C#N)c(N)nc(S)c1C#N. The molecule has 0 unspecified atom stereocenters. The predicted molar refractivity (Wildman–Crippen MR) is 88.8 cm³/mol. The standard InChI is InChI=1S/C15H15N5O2S/c1-2-9(3-4-12(18)22-6-5-21)13-10(7-16)14(19)20-15(23)11(13)8-17/h2-4,21H,1,5-6,18H2,(H3,19,20,23)/b9-3+,12-4+. The first-order chi connectivity index (χ1) is 11.0. The fourth-order valence-electron chi connectivity index (χ4n) is 1.74. The molecule has 0 saturated carbocycles. The summed E-state index contributed by atoms with van der Waals surface area (Å²) in [4.78, 5) is 3.87. The molecular weight excluding hydrogens is 314 g/mol. The number of aliphatic hydroxyl groups excluding tert-OH is 1. The third-order valence-corrected chi connectivity index (χ3v) is 3.05. The van der Waals surface area contributed by atoms with Crippen molar-refractivity contribution in [2.75, 3.05) is 18.9 Å². The molecule has 0 aliphatic carbocycles. The molecule has 0 fully saturated rings. The van der Waals surface area contributed by atoms with E-state index in [1.165, 1.54) is 18.2 Å². The van der Waals surface area contributed by atoms with Crippen molar-refractivity contribution in [3.8, 4) is 12.1 Å². The van der Waals surface area contributed by atoms with E-state index in [0.29, 0.717) is 5.57 Å². The van der Waals surface area contributed by atoms with Crippen molar-refractivity contribution in [1.82, 2.24) is 4.98 Å². The molecule has 0 atom stereocenters. The van der Waals surface area contributed by atoms with Crippen molar-refractivity contribution in [3.63, 3.8) is 0 Å². The number of aromatic nitrogens is 1. The van der Waals surface area contributed by atoms with Crippen LogP contribution in [0.5, 0.6) is 0 Å². The van der Waals surface area contributed by atoms with Crippen LogP contribution < -0.4 is 11.5 Å². The summed E-state index contributed by atoms with van der Waals surface area (Å²) >= 11 is 4.11. The summed E-state index contributed by atoms with van der Waals surface area (Å²) in [5.74, 6) is 0.0243. The van der Waals surface area contributed by atoms with E-state index in [-0.39, 0.29) is 46.6 Å². The zero-order valence-corrected chi connectivity index (χ0v) is 13.0. The van der Waals surface area contributed by atoms with Gasteiger partial charge in [-0.15, -0.1) is 12.6 Å². The third kappa shape index (κ3) is 4.27. The number of nitrogen functional groups attached to an aromatic ring is 1. The van der Waals surface area contributed by atoms with Gasteiger partial charge in [0.25, 0.3) is 0 Å². The molecule has 5 N–H and O–H groups in total. The molecule has 0 aliphatic heterocycles. The zero-order valence-electron chi connectivity index (χ0n) is 12.2. The van der Waals surface area contributed by atoms with Gasteiger partial charge in [0.05, 0.1) is 12.2 Å². The molecule has 118 valence electrons. The van der Waals surface area contributed by atoms with Crippen molar-refractivity contribution >= 4 is 24.0 Å². The Morgan fingerprint density at radius 2 is 2.00 bits per heavy atom. The highest BCUT2D eigenvalue weighted by atomic mass is 32.1. The van der Waals surface area contributed by atoms with E-state index in [9.17, 15) is 10.5 Å². The van der Waals surface area contributed by atoms with E-state index in [1.807, 2.05) is 12.1 Å². The Morgan fingerprint density at radius 1 is 1.35 bits per heavy atom. The number of anilines is 1. The molecule has 0 aliphatic rings. The van der Waals surface area contributed by atoms with E-state index in [0.717, 1.165) is 0 Å². The molecule has 0 bridgehead atoms. The first kappa shape index (κ1) is 18.1. The van der Waals surface area contributed by atoms with Gasteiger partial charge in [-0.3, -0.25) is 0 Å². The number of thiol groups is 1. The first-order valence-electron chi connectivity index (χ1n) is 6.36. The molecule has 1 aromatic heterocycles. The number of hydrogen-bond acceptors (Lipinski definition) is 8. The molecule has 0 radical (unpaired) electrons. The smallest absolute Gasteiger partial charge is 0.184 e. The molecule has 1 aromatic rings. The van der Waals surface area contributed by atoms with Crippen LogP contribution in [0.2, 0.25) is 0 Å². The van der Waals surface area contributed by atoms with E-state index in [2.05, 4.69) is 24.2 Å². The minimum atomic E-state index is -0.173. The molecular formula is C15H15N5O2S. The fraction of sp³-hybridized carbons (Fsp3) is 0.133. The largest absolute Gasteiger partial charge is 0.477 e. The number of rotatable bonds is 6. The Kier molecular flexibility index (Phi) is 6.68. The maximum atomic E-state index is 9.30. The van der Waals surface area contributed by atoms with Crippen molar-refractivity contribution in [2.24, 2.45) is 5.73 Å². The maximum absolute atomic E-state index is 9.30. The quantitative estimate of drug-likeness (QED) is 0.347. The summed E-state index contributed by atoms with van der Waals surface area (Å²) in [6.07, 6.45) is 4.38. The highest BCUT2D eigenvalue weighted by molar-refractivity contribution is 7.80. The lowest BCUT2D eigenvalue weighted by Crippen LogP contribution is -2.06. The minimum absolute atomic E-state index is 0.0345. The third-order valence-electron chi connectivity index (χ3n) is 2.73. The zero-order chi connectivity index (χ0) is 17.4. The Balaban J connectivity index is 3.50. The second-order valence-electron chi connectivity index (χ2n) is 4.14. The molecule has 8 heteroatoms. The van der Waals surface area contributed by atoms with Gasteiger partial charge in [-0.1, -0.05) is 12.7 Å². The van der Waals surface area contributed by atoms with E-state index >= 15 is 0 Å². The lowest BCUT2D eigenvalue weighted by molar-refractivity contribution is 0.143. The van der Waals surface area contributed by atoms with Crippen LogP contribution in [0.25, 0.3) is 5.57 Å². The number of nitrogens with zero attached hydrogens (tertiary/aromatic N) is 3.